The van der Waals surface area contributed by atoms with Gasteiger partial charge < -0.3 is 5.32 Å². The highest BCUT2D eigenvalue weighted by molar-refractivity contribution is 9.11. The van der Waals surface area contributed by atoms with Crippen molar-refractivity contribution in [2.75, 3.05) is 12.3 Å². The van der Waals surface area contributed by atoms with Crippen molar-refractivity contribution >= 4 is 33.6 Å². The second-order valence-electron chi connectivity index (χ2n) is 2.77. The minimum absolute atomic E-state index is 0.00240. The first-order valence-corrected chi connectivity index (χ1v) is 6.09. The van der Waals surface area contributed by atoms with Gasteiger partial charge in [0.05, 0.1) is 5.75 Å². The number of amides is 1. The summed E-state index contributed by atoms with van der Waals surface area (Å²) in [5, 5.41) is 2.73. The van der Waals surface area contributed by atoms with E-state index < -0.39 is 0 Å². The Balaban J connectivity index is 2.26. The van der Waals surface area contributed by atoms with Crippen molar-refractivity contribution in [2.24, 2.45) is 0 Å². The monoisotopic (exact) mass is 286 g/mol. The van der Waals surface area contributed by atoms with Crippen LogP contribution in [-0.2, 0) is 4.79 Å². The van der Waals surface area contributed by atoms with E-state index in [9.17, 15) is 4.79 Å². The molecular formula is C10H11BrN2OS. The van der Waals surface area contributed by atoms with Gasteiger partial charge >= 0.3 is 0 Å². The summed E-state index contributed by atoms with van der Waals surface area (Å²) in [6, 6.07) is 3.75. The van der Waals surface area contributed by atoms with Crippen molar-refractivity contribution in [3.63, 3.8) is 0 Å². The predicted molar refractivity (Wildman–Crippen MR) is 66.0 cm³/mol. The lowest BCUT2D eigenvalue weighted by Gasteiger charge is -2.03. The molecule has 3 nitrogen and oxygen atoms in total. The van der Waals surface area contributed by atoms with Gasteiger partial charge in [0.25, 0.3) is 0 Å². The summed E-state index contributed by atoms with van der Waals surface area (Å²) in [6.45, 7) is 4.10. The standard InChI is InChI=1S/C10H11BrN2OS/c1-8(11)6-13-10(14)7-15-9-2-4-12-5-3-9/h2-5H,1,6-7H2,(H,13,14). The van der Waals surface area contributed by atoms with Crippen LogP contribution >= 0.6 is 27.7 Å². The van der Waals surface area contributed by atoms with E-state index in [4.69, 9.17) is 0 Å². The first-order chi connectivity index (χ1) is 7.18. The van der Waals surface area contributed by atoms with E-state index >= 15 is 0 Å². The lowest BCUT2D eigenvalue weighted by atomic mass is 10.5. The maximum absolute atomic E-state index is 11.3. The summed E-state index contributed by atoms with van der Waals surface area (Å²) in [5.74, 6) is 0.405. The average Bonchev–Trinajstić information content (AvgIpc) is 2.25. The molecule has 80 valence electrons. The number of carbonyl (C=O) groups is 1. The van der Waals surface area contributed by atoms with E-state index in [-0.39, 0.29) is 5.91 Å². The van der Waals surface area contributed by atoms with Crippen LogP contribution in [0.5, 0.6) is 0 Å². The van der Waals surface area contributed by atoms with Crippen molar-refractivity contribution in [1.29, 1.82) is 0 Å². The molecule has 5 heteroatoms. The zero-order valence-corrected chi connectivity index (χ0v) is 10.5. The molecule has 1 rings (SSSR count). The zero-order valence-electron chi connectivity index (χ0n) is 8.07. The SMILES string of the molecule is C=C(Br)CNC(=O)CSc1ccncc1. The lowest BCUT2D eigenvalue weighted by Crippen LogP contribution is -2.26. The van der Waals surface area contributed by atoms with E-state index in [1.807, 2.05) is 12.1 Å². The fourth-order valence-electron chi connectivity index (χ4n) is 0.829. The highest BCUT2D eigenvalue weighted by atomic mass is 79.9. The van der Waals surface area contributed by atoms with Gasteiger partial charge in [-0.1, -0.05) is 22.5 Å². The number of pyridine rings is 1. The maximum atomic E-state index is 11.3. The molecule has 1 aromatic heterocycles. The molecule has 0 saturated heterocycles. The zero-order chi connectivity index (χ0) is 11.1. The third kappa shape index (κ3) is 5.59. The highest BCUT2D eigenvalue weighted by Gasteiger charge is 2.01. The molecule has 0 bridgehead atoms. The van der Waals surface area contributed by atoms with Gasteiger partial charge in [-0.15, -0.1) is 11.8 Å². The maximum Gasteiger partial charge on any atom is 0.230 e. The smallest absolute Gasteiger partial charge is 0.230 e. The second-order valence-corrected chi connectivity index (χ2v) is 4.94. The van der Waals surface area contributed by atoms with Gasteiger partial charge in [-0.2, -0.15) is 0 Å². The molecule has 0 aliphatic rings. The molecule has 1 aromatic rings. The number of carbonyl (C=O) groups excluding carboxylic acids is 1. The van der Waals surface area contributed by atoms with Gasteiger partial charge in [-0.05, 0) is 12.1 Å². The van der Waals surface area contributed by atoms with Crippen LogP contribution < -0.4 is 5.32 Å². The van der Waals surface area contributed by atoms with Crippen molar-refractivity contribution in [3.05, 3.63) is 35.6 Å². The van der Waals surface area contributed by atoms with E-state index in [0.717, 1.165) is 9.38 Å². The number of nitrogens with one attached hydrogen (secondary N) is 1. The van der Waals surface area contributed by atoms with Crippen LogP contribution in [0.1, 0.15) is 0 Å². The van der Waals surface area contributed by atoms with Crippen molar-refractivity contribution < 1.29 is 4.79 Å². The highest BCUT2D eigenvalue weighted by Crippen LogP contribution is 2.15. The predicted octanol–water partition coefficient (Wildman–Crippen LogP) is 2.20. The van der Waals surface area contributed by atoms with Gasteiger partial charge in [0.1, 0.15) is 0 Å². The summed E-state index contributed by atoms with van der Waals surface area (Å²) >= 11 is 4.66. The number of aromatic nitrogens is 1. The Hall–Kier alpha value is -0.810. The molecule has 1 N–H and O–H groups in total. The molecular weight excluding hydrogens is 276 g/mol. The first kappa shape index (κ1) is 12.3. The van der Waals surface area contributed by atoms with E-state index in [2.05, 4.69) is 32.8 Å². The number of hydrogen-bond donors (Lipinski definition) is 1. The Labute approximate surface area is 101 Å². The Bertz CT molecular complexity index is 343. The fraction of sp³-hybridized carbons (Fsp3) is 0.200. The van der Waals surface area contributed by atoms with E-state index in [1.54, 1.807) is 12.4 Å². The number of rotatable bonds is 5. The summed E-state index contributed by atoms with van der Waals surface area (Å²) in [7, 11) is 0. The number of hydrogen-bond acceptors (Lipinski definition) is 3. The molecule has 0 fully saturated rings. The summed E-state index contributed by atoms with van der Waals surface area (Å²) in [5.41, 5.74) is 0. The minimum Gasteiger partial charge on any atom is -0.351 e. The molecule has 0 aliphatic heterocycles. The van der Waals surface area contributed by atoms with Gasteiger partial charge in [0.2, 0.25) is 5.91 Å². The molecule has 0 aromatic carbocycles. The van der Waals surface area contributed by atoms with Gasteiger partial charge in [0, 0.05) is 28.3 Å². The Morgan fingerprint density at radius 1 is 1.53 bits per heavy atom. The topological polar surface area (TPSA) is 42.0 Å². The Morgan fingerprint density at radius 3 is 2.80 bits per heavy atom. The molecule has 0 aliphatic carbocycles. The van der Waals surface area contributed by atoms with Crippen molar-refractivity contribution in [3.8, 4) is 0 Å². The van der Waals surface area contributed by atoms with Crippen LogP contribution in [-0.4, -0.2) is 23.2 Å². The van der Waals surface area contributed by atoms with Crippen LogP contribution in [0.2, 0.25) is 0 Å². The fourth-order valence-corrected chi connectivity index (χ4v) is 1.68. The van der Waals surface area contributed by atoms with Gasteiger partial charge in [-0.25, -0.2) is 0 Å². The third-order valence-corrected chi connectivity index (χ3v) is 2.79. The van der Waals surface area contributed by atoms with Crippen molar-refractivity contribution in [2.45, 2.75) is 4.90 Å². The van der Waals surface area contributed by atoms with Crippen LogP contribution in [0, 0.1) is 0 Å². The molecule has 1 amide bonds. The molecule has 0 unspecified atom stereocenters. The van der Waals surface area contributed by atoms with Gasteiger partial charge in [0.15, 0.2) is 0 Å². The quantitative estimate of drug-likeness (QED) is 0.844. The molecule has 0 spiro atoms. The molecule has 15 heavy (non-hydrogen) atoms. The molecule has 0 atom stereocenters. The summed E-state index contributed by atoms with van der Waals surface area (Å²) in [4.78, 5) is 16.3. The van der Waals surface area contributed by atoms with Crippen LogP contribution in [0.25, 0.3) is 0 Å². The first-order valence-electron chi connectivity index (χ1n) is 4.31. The molecule has 1 heterocycles. The second kappa shape index (κ2) is 6.63. The van der Waals surface area contributed by atoms with Crippen LogP contribution in [0.4, 0.5) is 0 Å². The van der Waals surface area contributed by atoms with E-state index in [1.165, 1.54) is 11.8 Å². The van der Waals surface area contributed by atoms with Crippen LogP contribution in [0.3, 0.4) is 0 Å². The minimum atomic E-state index is -0.00240. The molecule has 0 radical (unpaired) electrons. The van der Waals surface area contributed by atoms with Crippen LogP contribution in [0.15, 0.2) is 40.5 Å². The third-order valence-electron chi connectivity index (χ3n) is 1.50. The van der Waals surface area contributed by atoms with Crippen molar-refractivity contribution in [1.82, 2.24) is 10.3 Å². The van der Waals surface area contributed by atoms with E-state index in [0.29, 0.717) is 12.3 Å². The number of nitrogens with zero attached hydrogens (tertiary/aromatic N) is 1. The number of halogens is 1. The number of thioether (sulfide) groups is 1. The summed E-state index contributed by atoms with van der Waals surface area (Å²) < 4.78 is 0.768. The molecule has 0 saturated carbocycles. The van der Waals surface area contributed by atoms with Gasteiger partial charge in [-0.3, -0.25) is 9.78 Å². The normalized spacial score (nSPS) is 9.67. The summed E-state index contributed by atoms with van der Waals surface area (Å²) in [6.07, 6.45) is 3.42. The Kier molecular flexibility index (Phi) is 5.42. The average molecular weight is 287 g/mol. The lowest BCUT2D eigenvalue weighted by molar-refractivity contribution is -0.118. The largest absolute Gasteiger partial charge is 0.351 e. The Morgan fingerprint density at radius 2 is 2.20 bits per heavy atom.